The second-order valence-corrected chi connectivity index (χ2v) is 14.7. The third kappa shape index (κ3) is 16.8. The number of aliphatic hydroxyl groups excluding tert-OH is 1. The summed E-state index contributed by atoms with van der Waals surface area (Å²) in [5.74, 6) is -1.03. The number of hydrogen-bond donors (Lipinski definition) is 5. The monoisotopic (exact) mass is 654 g/mol. The number of ether oxygens (including phenoxy) is 2. The number of hydrogen-bond acceptors (Lipinski definition) is 7. The second kappa shape index (κ2) is 17.7. The number of aliphatic hydroxyl groups is 1. The molecule has 3 unspecified atom stereocenters. The first-order chi connectivity index (χ1) is 21.8. The third-order valence-electron chi connectivity index (χ3n) is 6.93. The zero-order valence-electron chi connectivity index (χ0n) is 29.1. The number of rotatable bonds is 15. The van der Waals surface area contributed by atoms with Crippen LogP contribution in [0.5, 0.6) is 0 Å². The van der Waals surface area contributed by atoms with E-state index in [1.807, 2.05) is 74.5 Å². The van der Waals surface area contributed by atoms with Crippen LogP contribution in [0.2, 0.25) is 0 Å². The minimum atomic E-state index is -1.55. The molecule has 11 nitrogen and oxygen atoms in total. The molecule has 47 heavy (non-hydrogen) atoms. The smallest absolute Gasteiger partial charge is 0.407 e. The molecule has 5 N–H and O–H groups in total. The van der Waals surface area contributed by atoms with E-state index in [1.54, 1.807) is 41.5 Å². The van der Waals surface area contributed by atoms with Gasteiger partial charge in [0.15, 0.2) is 6.10 Å². The minimum Gasteiger partial charge on any atom is -0.444 e. The molecule has 3 atom stereocenters. The fraction of sp³-hybridized carbons (Fsp3) is 0.556. The van der Waals surface area contributed by atoms with Crippen molar-refractivity contribution in [2.45, 2.75) is 98.0 Å². The van der Waals surface area contributed by atoms with Gasteiger partial charge < -0.3 is 35.8 Å². The molecule has 11 heteroatoms. The van der Waals surface area contributed by atoms with Crippen LogP contribution in [0.1, 0.15) is 72.9 Å². The van der Waals surface area contributed by atoms with Gasteiger partial charge in [-0.3, -0.25) is 9.59 Å². The van der Waals surface area contributed by atoms with Crippen molar-refractivity contribution in [3.8, 4) is 0 Å². The molecule has 2 rings (SSSR count). The molecule has 0 aliphatic heterocycles. The Morgan fingerprint density at radius 1 is 0.681 bits per heavy atom. The summed E-state index contributed by atoms with van der Waals surface area (Å²) in [6, 6.07) is 18.0. The second-order valence-electron chi connectivity index (χ2n) is 14.7. The highest BCUT2D eigenvalue weighted by molar-refractivity contribution is 5.82. The summed E-state index contributed by atoms with van der Waals surface area (Å²) in [7, 11) is 0. The summed E-state index contributed by atoms with van der Waals surface area (Å²) >= 11 is 0. The molecule has 2 aromatic carbocycles. The highest BCUT2D eigenvalue weighted by atomic mass is 16.6. The molecule has 0 radical (unpaired) electrons. The molecular formula is C36H54N4O7. The Labute approximate surface area is 279 Å². The Kier molecular flexibility index (Phi) is 14.7. The summed E-state index contributed by atoms with van der Waals surface area (Å²) in [5.41, 5.74) is -0.0771. The zero-order valence-corrected chi connectivity index (χ0v) is 29.1. The van der Waals surface area contributed by atoms with Gasteiger partial charge in [0.25, 0.3) is 5.91 Å². The Morgan fingerprint density at radius 2 is 1.17 bits per heavy atom. The lowest BCUT2D eigenvalue weighted by molar-refractivity contribution is -0.131. The maximum absolute atomic E-state index is 13.1. The first-order valence-corrected chi connectivity index (χ1v) is 16.1. The van der Waals surface area contributed by atoms with E-state index in [2.05, 4.69) is 21.3 Å². The molecule has 0 aliphatic rings. The van der Waals surface area contributed by atoms with Crippen molar-refractivity contribution >= 4 is 24.0 Å². The number of alkyl carbamates (subject to hydrolysis) is 2. The van der Waals surface area contributed by atoms with Crippen LogP contribution < -0.4 is 21.3 Å². The molecule has 0 spiro atoms. The van der Waals surface area contributed by atoms with E-state index in [1.165, 1.54) is 0 Å². The van der Waals surface area contributed by atoms with Gasteiger partial charge in [0.05, 0.1) is 6.04 Å². The summed E-state index contributed by atoms with van der Waals surface area (Å²) < 4.78 is 10.7. The van der Waals surface area contributed by atoms with E-state index in [9.17, 15) is 24.3 Å². The highest BCUT2D eigenvalue weighted by Gasteiger charge is 2.31. The molecule has 2 aromatic rings. The van der Waals surface area contributed by atoms with Crippen molar-refractivity contribution in [3.05, 3.63) is 71.8 Å². The van der Waals surface area contributed by atoms with Crippen LogP contribution >= 0.6 is 0 Å². The van der Waals surface area contributed by atoms with E-state index in [-0.39, 0.29) is 44.3 Å². The van der Waals surface area contributed by atoms with Crippen molar-refractivity contribution in [2.75, 3.05) is 19.6 Å². The van der Waals surface area contributed by atoms with Gasteiger partial charge in [-0.15, -0.1) is 0 Å². The van der Waals surface area contributed by atoms with Gasteiger partial charge in [-0.2, -0.15) is 0 Å². The Bertz CT molecular complexity index is 1290. The molecule has 260 valence electrons. The third-order valence-corrected chi connectivity index (χ3v) is 6.93. The summed E-state index contributed by atoms with van der Waals surface area (Å²) in [6.45, 7) is 15.0. The highest BCUT2D eigenvalue weighted by Crippen LogP contribution is 2.16. The summed E-state index contributed by atoms with van der Waals surface area (Å²) in [5, 5.41) is 22.1. The normalized spacial score (nSPS) is 13.8. The van der Waals surface area contributed by atoms with Crippen molar-refractivity contribution in [2.24, 2.45) is 11.3 Å². The molecule has 0 saturated carbocycles. The van der Waals surface area contributed by atoms with Crippen LogP contribution in [0.15, 0.2) is 60.7 Å². The lowest BCUT2D eigenvalue weighted by Gasteiger charge is -2.29. The maximum atomic E-state index is 13.1. The van der Waals surface area contributed by atoms with Gasteiger partial charge in [0, 0.05) is 26.1 Å². The molecular weight excluding hydrogens is 600 g/mol. The Hall–Kier alpha value is -4.12. The van der Waals surface area contributed by atoms with Crippen molar-refractivity contribution in [1.82, 2.24) is 21.3 Å². The van der Waals surface area contributed by atoms with Crippen molar-refractivity contribution in [3.63, 3.8) is 0 Å². The predicted molar refractivity (Wildman–Crippen MR) is 182 cm³/mol. The number of carbonyl (C=O) groups is 4. The molecule has 0 aliphatic carbocycles. The lowest BCUT2D eigenvalue weighted by atomic mass is 9.92. The topological polar surface area (TPSA) is 155 Å². The average Bonchev–Trinajstić information content (AvgIpc) is 2.96. The van der Waals surface area contributed by atoms with E-state index >= 15 is 0 Å². The van der Waals surface area contributed by atoms with Crippen LogP contribution in [0.25, 0.3) is 0 Å². The van der Waals surface area contributed by atoms with E-state index < -0.39 is 46.9 Å². The molecule has 4 amide bonds. The van der Waals surface area contributed by atoms with Gasteiger partial charge in [-0.1, -0.05) is 74.5 Å². The predicted octanol–water partition coefficient (Wildman–Crippen LogP) is 4.52. The molecule has 0 fully saturated rings. The first kappa shape index (κ1) is 39.1. The first-order valence-electron chi connectivity index (χ1n) is 16.1. The van der Waals surface area contributed by atoms with Gasteiger partial charge >= 0.3 is 12.2 Å². The zero-order chi connectivity index (χ0) is 35.3. The van der Waals surface area contributed by atoms with E-state index in [0.29, 0.717) is 6.42 Å². The standard InChI is InChI=1S/C36H54N4O7/c1-34(2,3)46-32(44)37-22-27(19-25-15-11-9-12-16-25)21-29(41)38-23-36(7,8)24-39-31(43)30(42)28(20-26-17-13-10-14-18-26)40-33(45)47-35(4,5)6/h9-18,27-28,30,42H,19-24H2,1-8H3,(H,37,44)(H,38,41)(H,39,43)(H,40,45). The Morgan fingerprint density at radius 3 is 1.70 bits per heavy atom. The van der Waals surface area contributed by atoms with Crippen LogP contribution in [0.3, 0.4) is 0 Å². The number of amides is 4. The average molecular weight is 655 g/mol. The largest absolute Gasteiger partial charge is 0.444 e. The fourth-order valence-corrected chi connectivity index (χ4v) is 4.62. The molecule has 0 aromatic heterocycles. The number of benzene rings is 2. The van der Waals surface area contributed by atoms with Crippen LogP contribution in [0.4, 0.5) is 9.59 Å². The van der Waals surface area contributed by atoms with Gasteiger partial charge in [-0.25, -0.2) is 9.59 Å². The number of carbonyl (C=O) groups excluding carboxylic acids is 4. The van der Waals surface area contributed by atoms with E-state index in [0.717, 1.165) is 11.1 Å². The van der Waals surface area contributed by atoms with E-state index in [4.69, 9.17) is 9.47 Å². The van der Waals surface area contributed by atoms with Crippen LogP contribution in [-0.4, -0.2) is 72.1 Å². The quantitative estimate of drug-likeness (QED) is 0.189. The maximum Gasteiger partial charge on any atom is 0.407 e. The van der Waals surface area contributed by atoms with Gasteiger partial charge in [-0.05, 0) is 76.8 Å². The Balaban J connectivity index is 1.96. The summed E-state index contributed by atoms with van der Waals surface area (Å²) in [6.07, 6.45) is -1.86. The van der Waals surface area contributed by atoms with Gasteiger partial charge in [0.2, 0.25) is 5.91 Å². The lowest BCUT2D eigenvalue weighted by Crippen LogP contribution is -2.54. The molecule has 0 heterocycles. The molecule has 0 bridgehead atoms. The van der Waals surface area contributed by atoms with Crippen molar-refractivity contribution < 1.29 is 33.8 Å². The molecule has 0 saturated heterocycles. The summed E-state index contributed by atoms with van der Waals surface area (Å²) in [4.78, 5) is 50.9. The SMILES string of the molecule is CC(C)(CNC(=O)CC(CNC(=O)OC(C)(C)C)Cc1ccccc1)CNC(=O)C(O)C(Cc1ccccc1)NC(=O)OC(C)(C)C. The van der Waals surface area contributed by atoms with Crippen molar-refractivity contribution in [1.29, 1.82) is 0 Å². The van der Waals surface area contributed by atoms with Gasteiger partial charge in [0.1, 0.15) is 11.2 Å². The number of nitrogens with one attached hydrogen (secondary N) is 4. The minimum absolute atomic E-state index is 0.154. The fourth-order valence-electron chi connectivity index (χ4n) is 4.62. The van der Waals surface area contributed by atoms with Crippen LogP contribution in [0, 0.1) is 11.3 Å². The van der Waals surface area contributed by atoms with Crippen LogP contribution in [-0.2, 0) is 31.9 Å².